The zero-order valence-corrected chi connectivity index (χ0v) is 12.2. The van der Waals surface area contributed by atoms with Crippen molar-refractivity contribution in [2.75, 3.05) is 6.61 Å². The number of benzene rings is 1. The van der Waals surface area contributed by atoms with Crippen molar-refractivity contribution in [2.45, 2.75) is 38.6 Å². The number of aliphatic hydroxyl groups is 1. The summed E-state index contributed by atoms with van der Waals surface area (Å²) in [5.41, 5.74) is 4.97. The van der Waals surface area contributed by atoms with Gasteiger partial charge in [0.2, 0.25) is 0 Å². The Balaban J connectivity index is 1.71. The summed E-state index contributed by atoms with van der Waals surface area (Å²) in [4.78, 5) is 4.54. The lowest BCUT2D eigenvalue weighted by Gasteiger charge is -2.14. The van der Waals surface area contributed by atoms with Crippen molar-refractivity contribution in [1.29, 1.82) is 0 Å². The Morgan fingerprint density at radius 1 is 1.14 bits per heavy atom. The second kappa shape index (κ2) is 6.60. The van der Waals surface area contributed by atoms with Gasteiger partial charge >= 0.3 is 0 Å². The van der Waals surface area contributed by atoms with Gasteiger partial charge in [0.1, 0.15) is 0 Å². The van der Waals surface area contributed by atoms with Crippen LogP contribution in [0.25, 0.3) is 0 Å². The van der Waals surface area contributed by atoms with Crippen molar-refractivity contribution < 1.29 is 5.11 Å². The predicted octanol–water partition coefficient (Wildman–Crippen LogP) is 2.54. The molecule has 0 amide bonds. The van der Waals surface area contributed by atoms with Gasteiger partial charge in [-0.25, -0.2) is 4.98 Å². The van der Waals surface area contributed by atoms with Crippen LogP contribution >= 0.6 is 0 Å². The number of hydrogen-bond donors (Lipinski definition) is 1. The van der Waals surface area contributed by atoms with E-state index < -0.39 is 0 Å². The Kier molecular flexibility index (Phi) is 4.37. The van der Waals surface area contributed by atoms with Crippen LogP contribution in [-0.4, -0.2) is 21.3 Å². The van der Waals surface area contributed by atoms with E-state index in [1.807, 2.05) is 18.5 Å². The van der Waals surface area contributed by atoms with E-state index in [0.717, 1.165) is 24.9 Å². The average Bonchev–Trinajstić information content (AvgIpc) is 2.93. The number of imidazole rings is 1. The number of hydrogen-bond acceptors (Lipinski definition) is 2. The maximum absolute atomic E-state index is 8.72. The normalized spacial score (nSPS) is 13.4. The van der Waals surface area contributed by atoms with Crippen molar-refractivity contribution in [2.24, 2.45) is 0 Å². The fourth-order valence-electron chi connectivity index (χ4n) is 2.78. The van der Waals surface area contributed by atoms with E-state index in [1.54, 1.807) is 0 Å². The van der Waals surface area contributed by atoms with Crippen LogP contribution in [0.4, 0.5) is 0 Å². The Morgan fingerprint density at radius 3 is 2.76 bits per heavy atom. The van der Waals surface area contributed by atoms with Crippen LogP contribution in [0.3, 0.4) is 0 Å². The minimum atomic E-state index is 0.122. The molecular formula is C18H20N2O. The summed E-state index contributed by atoms with van der Waals surface area (Å²) >= 11 is 0. The average molecular weight is 280 g/mol. The minimum absolute atomic E-state index is 0.122. The van der Waals surface area contributed by atoms with Crippen molar-refractivity contribution in [1.82, 2.24) is 9.55 Å². The van der Waals surface area contributed by atoms with E-state index in [4.69, 9.17) is 5.11 Å². The number of nitrogens with zero attached hydrogens (tertiary/aromatic N) is 2. The molecule has 0 unspecified atom stereocenters. The highest BCUT2D eigenvalue weighted by molar-refractivity contribution is 5.36. The first kappa shape index (κ1) is 13.9. The van der Waals surface area contributed by atoms with E-state index in [9.17, 15) is 0 Å². The summed E-state index contributed by atoms with van der Waals surface area (Å²) in [5, 5.41) is 8.72. The Bertz CT molecular complexity index is 659. The molecule has 1 heterocycles. The fraction of sp³-hybridized carbons (Fsp3) is 0.389. The molecule has 1 aromatic heterocycles. The van der Waals surface area contributed by atoms with Crippen LogP contribution < -0.4 is 0 Å². The minimum Gasteiger partial charge on any atom is -0.395 e. The molecule has 0 saturated heterocycles. The standard InChI is InChI=1S/C18H20N2O/c21-12-4-3-5-15-8-10-16(11-9-15)13-20-14-19-17-6-1-2-7-18(17)20/h8-11,14,21H,1-2,4,6-7,12-13H2. The molecular weight excluding hydrogens is 260 g/mol. The van der Waals surface area contributed by atoms with Crippen molar-refractivity contribution >= 4 is 0 Å². The molecule has 1 aromatic carbocycles. The fourth-order valence-corrected chi connectivity index (χ4v) is 2.78. The van der Waals surface area contributed by atoms with E-state index in [0.29, 0.717) is 6.42 Å². The van der Waals surface area contributed by atoms with Gasteiger partial charge < -0.3 is 9.67 Å². The molecule has 21 heavy (non-hydrogen) atoms. The second-order valence-corrected chi connectivity index (χ2v) is 5.45. The third-order valence-electron chi connectivity index (χ3n) is 3.89. The summed E-state index contributed by atoms with van der Waals surface area (Å²) in [5.74, 6) is 5.99. The molecule has 0 radical (unpaired) electrons. The van der Waals surface area contributed by atoms with Crippen LogP contribution in [0.2, 0.25) is 0 Å². The molecule has 0 saturated carbocycles. The molecule has 0 fully saturated rings. The van der Waals surface area contributed by atoms with Gasteiger partial charge in [0, 0.05) is 24.2 Å². The van der Waals surface area contributed by atoms with Crippen LogP contribution in [-0.2, 0) is 19.4 Å². The number of aliphatic hydroxyl groups excluding tert-OH is 1. The summed E-state index contributed by atoms with van der Waals surface area (Å²) in [6.45, 7) is 1.00. The molecule has 108 valence electrons. The molecule has 0 aliphatic heterocycles. The van der Waals surface area contributed by atoms with E-state index in [2.05, 4.69) is 33.5 Å². The first-order chi connectivity index (χ1) is 10.4. The molecule has 3 heteroatoms. The maximum Gasteiger partial charge on any atom is 0.0954 e. The predicted molar refractivity (Wildman–Crippen MR) is 83.0 cm³/mol. The van der Waals surface area contributed by atoms with Gasteiger partial charge in [0.05, 0.1) is 18.6 Å². The first-order valence-electron chi connectivity index (χ1n) is 7.58. The van der Waals surface area contributed by atoms with Gasteiger partial charge in [-0.3, -0.25) is 0 Å². The molecule has 0 bridgehead atoms. The Morgan fingerprint density at radius 2 is 1.95 bits per heavy atom. The smallest absolute Gasteiger partial charge is 0.0954 e. The lowest BCUT2D eigenvalue weighted by Crippen LogP contribution is -2.08. The second-order valence-electron chi connectivity index (χ2n) is 5.45. The largest absolute Gasteiger partial charge is 0.395 e. The van der Waals surface area contributed by atoms with Crippen LogP contribution in [0.15, 0.2) is 30.6 Å². The molecule has 1 aliphatic carbocycles. The summed E-state index contributed by atoms with van der Waals surface area (Å²) < 4.78 is 2.28. The number of fused-ring (bicyclic) bond motifs is 1. The van der Waals surface area contributed by atoms with Crippen molar-refractivity contribution in [3.8, 4) is 11.8 Å². The zero-order chi connectivity index (χ0) is 14.5. The van der Waals surface area contributed by atoms with E-state index in [-0.39, 0.29) is 6.61 Å². The number of aryl methyl sites for hydroxylation is 1. The molecule has 3 rings (SSSR count). The topological polar surface area (TPSA) is 38.0 Å². The Labute approximate surface area is 125 Å². The first-order valence-corrected chi connectivity index (χ1v) is 7.58. The SMILES string of the molecule is OCCC#Cc1ccc(Cn2cnc3c2CCCC3)cc1. The molecule has 1 aliphatic rings. The monoisotopic (exact) mass is 280 g/mol. The van der Waals surface area contributed by atoms with Gasteiger partial charge in [0.25, 0.3) is 0 Å². The third-order valence-corrected chi connectivity index (χ3v) is 3.89. The highest BCUT2D eigenvalue weighted by atomic mass is 16.2. The van der Waals surface area contributed by atoms with Gasteiger partial charge in [-0.1, -0.05) is 24.0 Å². The van der Waals surface area contributed by atoms with Gasteiger partial charge in [0.15, 0.2) is 0 Å². The summed E-state index contributed by atoms with van der Waals surface area (Å²) in [6.07, 6.45) is 7.33. The van der Waals surface area contributed by atoms with Crippen molar-refractivity contribution in [3.63, 3.8) is 0 Å². The van der Waals surface area contributed by atoms with Crippen LogP contribution in [0, 0.1) is 11.8 Å². The Hall–Kier alpha value is -2.05. The highest BCUT2D eigenvalue weighted by Gasteiger charge is 2.14. The highest BCUT2D eigenvalue weighted by Crippen LogP contribution is 2.20. The molecule has 2 aromatic rings. The van der Waals surface area contributed by atoms with Gasteiger partial charge in [-0.2, -0.15) is 0 Å². The van der Waals surface area contributed by atoms with Crippen LogP contribution in [0.1, 0.15) is 41.8 Å². The molecule has 0 spiro atoms. The van der Waals surface area contributed by atoms with Gasteiger partial charge in [-0.15, -0.1) is 0 Å². The molecule has 0 atom stereocenters. The summed E-state index contributed by atoms with van der Waals surface area (Å²) in [6, 6.07) is 8.34. The van der Waals surface area contributed by atoms with E-state index >= 15 is 0 Å². The maximum atomic E-state index is 8.72. The number of aromatic nitrogens is 2. The molecule has 1 N–H and O–H groups in total. The lowest BCUT2D eigenvalue weighted by atomic mass is 10.0. The van der Waals surface area contributed by atoms with Crippen LogP contribution in [0.5, 0.6) is 0 Å². The van der Waals surface area contributed by atoms with E-state index in [1.165, 1.54) is 29.8 Å². The van der Waals surface area contributed by atoms with Crippen molar-refractivity contribution in [3.05, 3.63) is 53.1 Å². The molecule has 3 nitrogen and oxygen atoms in total. The number of rotatable bonds is 3. The third kappa shape index (κ3) is 3.34. The quantitative estimate of drug-likeness (QED) is 0.877. The van der Waals surface area contributed by atoms with Gasteiger partial charge in [-0.05, 0) is 43.4 Å². The summed E-state index contributed by atoms with van der Waals surface area (Å²) in [7, 11) is 0. The zero-order valence-electron chi connectivity index (χ0n) is 12.2. The lowest BCUT2D eigenvalue weighted by molar-refractivity contribution is 0.305.